The molecule has 4 atom stereocenters. The van der Waals surface area contributed by atoms with Crippen molar-refractivity contribution in [3.63, 3.8) is 0 Å². The molecule has 1 aromatic carbocycles. The number of nitrogens with one attached hydrogen (secondary N) is 1. The number of piperazine rings is 1. The molecule has 12 heteroatoms. The number of ketones is 1. The summed E-state index contributed by atoms with van der Waals surface area (Å²) in [6, 6.07) is 5.71. The van der Waals surface area contributed by atoms with Crippen LogP contribution in [0.4, 0.5) is 5.69 Å². The smallest absolute Gasteiger partial charge is 0.251 e. The first-order valence-corrected chi connectivity index (χ1v) is 12.9. The van der Waals surface area contributed by atoms with Gasteiger partial charge in [-0.05, 0) is 36.6 Å². The van der Waals surface area contributed by atoms with E-state index in [1.54, 1.807) is 19.2 Å². The Morgan fingerprint density at radius 2 is 1.73 bits per heavy atom. The largest absolute Gasteiger partial charge is 0.383 e. The molecule has 3 aliphatic rings. The van der Waals surface area contributed by atoms with Crippen LogP contribution in [-0.2, 0) is 19.1 Å². The number of rotatable bonds is 9. The van der Waals surface area contributed by atoms with Crippen LogP contribution in [0.1, 0.15) is 45.5 Å². The molecule has 2 amide bonds. The Morgan fingerprint density at radius 3 is 2.30 bits per heavy atom. The van der Waals surface area contributed by atoms with E-state index in [2.05, 4.69) is 15.1 Å². The standard InChI is InChI=1S/C26H39N5O5.2CH4.2H2S/c1-17(2)14-21(26(34)31-15-20(27)24-23(31)22(32)16-36-24)28-25(33)18-4-6-19(7-5-18)30-10-8-29(9-11-30)12-13-35-3;;;;/h4-7,17,20-21,23-24H,8-16,27H2,1-3H3,(H,28,33);2*1H4;2*1H2/t20-,21+,23-,24-;;;;/m1..../s1. The summed E-state index contributed by atoms with van der Waals surface area (Å²) in [4.78, 5) is 45.1. The third kappa shape index (κ3) is 8.83. The normalized spacial score (nSPS) is 22.8. The average Bonchev–Trinajstić information content (AvgIpc) is 3.42. The number of carbonyl (C=O) groups excluding carboxylic acids is 3. The molecule has 0 unspecified atom stereocenters. The second-order valence-corrected chi connectivity index (χ2v) is 10.4. The van der Waals surface area contributed by atoms with E-state index in [1.165, 1.54) is 4.90 Å². The maximum Gasteiger partial charge on any atom is 0.251 e. The number of fused-ring (bicyclic) bond motifs is 1. The van der Waals surface area contributed by atoms with Gasteiger partial charge in [0.25, 0.3) is 5.91 Å². The molecular weight excluding hydrogens is 550 g/mol. The minimum Gasteiger partial charge on any atom is -0.383 e. The number of benzene rings is 1. The fourth-order valence-corrected chi connectivity index (χ4v) is 5.33. The lowest BCUT2D eigenvalue weighted by Gasteiger charge is -2.36. The summed E-state index contributed by atoms with van der Waals surface area (Å²) >= 11 is 0. The lowest BCUT2D eigenvalue weighted by Crippen LogP contribution is -2.52. The first-order valence-electron chi connectivity index (χ1n) is 12.9. The van der Waals surface area contributed by atoms with Gasteiger partial charge in [-0.25, -0.2) is 0 Å². The molecule has 3 saturated heterocycles. The van der Waals surface area contributed by atoms with E-state index in [4.69, 9.17) is 15.2 Å². The van der Waals surface area contributed by atoms with E-state index in [0.29, 0.717) is 12.0 Å². The van der Waals surface area contributed by atoms with Crippen molar-refractivity contribution < 1.29 is 23.9 Å². The highest BCUT2D eigenvalue weighted by Crippen LogP contribution is 2.28. The number of anilines is 1. The number of nitrogens with two attached hydrogens (primary N) is 1. The van der Waals surface area contributed by atoms with E-state index in [9.17, 15) is 14.4 Å². The zero-order valence-corrected chi connectivity index (χ0v) is 24.5. The van der Waals surface area contributed by atoms with Crippen LogP contribution in [0, 0.1) is 5.92 Å². The zero-order chi connectivity index (χ0) is 25.8. The minimum absolute atomic E-state index is 0. The van der Waals surface area contributed by atoms with Crippen molar-refractivity contribution in [3.8, 4) is 0 Å². The van der Waals surface area contributed by atoms with E-state index in [1.807, 2.05) is 26.0 Å². The van der Waals surface area contributed by atoms with Crippen molar-refractivity contribution in [2.45, 2.75) is 59.4 Å². The number of hydrogen-bond donors (Lipinski definition) is 2. The second kappa shape index (κ2) is 17.2. The van der Waals surface area contributed by atoms with Gasteiger partial charge in [0.2, 0.25) is 5.91 Å². The number of ether oxygens (including phenoxy) is 2. The second-order valence-electron chi connectivity index (χ2n) is 10.4. The molecule has 0 aromatic heterocycles. The molecule has 230 valence electrons. The molecule has 4 rings (SSSR count). The first-order chi connectivity index (χ1) is 17.3. The van der Waals surface area contributed by atoms with Gasteiger partial charge in [-0.3, -0.25) is 19.3 Å². The van der Waals surface area contributed by atoms with Crippen molar-refractivity contribution in [1.82, 2.24) is 15.1 Å². The summed E-state index contributed by atoms with van der Waals surface area (Å²) in [5.74, 6) is -0.543. The maximum atomic E-state index is 13.5. The monoisotopic (exact) mass is 601 g/mol. The summed E-state index contributed by atoms with van der Waals surface area (Å²) in [5.41, 5.74) is 7.71. The Balaban J connectivity index is 0.00000380. The van der Waals surface area contributed by atoms with Crippen LogP contribution in [0.2, 0.25) is 0 Å². The highest BCUT2D eigenvalue weighted by molar-refractivity contribution is 7.59. The van der Waals surface area contributed by atoms with E-state index in [-0.39, 0.29) is 78.5 Å². The molecule has 3 heterocycles. The van der Waals surface area contributed by atoms with Gasteiger partial charge in [0.05, 0.1) is 12.6 Å². The predicted molar refractivity (Wildman–Crippen MR) is 170 cm³/mol. The Morgan fingerprint density at radius 1 is 1.10 bits per heavy atom. The molecule has 3 aliphatic heterocycles. The lowest BCUT2D eigenvalue weighted by atomic mass is 10.0. The molecular formula is C28H51N5O5S2. The minimum atomic E-state index is -0.739. The number of carbonyl (C=O) groups is 3. The predicted octanol–water partition coefficient (Wildman–Crippen LogP) is 1.60. The molecule has 0 saturated carbocycles. The van der Waals surface area contributed by atoms with Crippen molar-refractivity contribution in [2.24, 2.45) is 11.7 Å². The molecule has 0 aliphatic carbocycles. The fraction of sp³-hybridized carbons (Fsp3) is 0.679. The first kappa shape index (κ1) is 38.2. The van der Waals surface area contributed by atoms with Gasteiger partial charge in [-0.1, -0.05) is 28.7 Å². The van der Waals surface area contributed by atoms with Gasteiger partial charge in [0, 0.05) is 57.6 Å². The highest BCUT2D eigenvalue weighted by Gasteiger charge is 2.52. The molecule has 0 spiro atoms. The third-order valence-corrected chi connectivity index (χ3v) is 7.30. The number of likely N-dealkylation sites (tertiary alicyclic amines) is 1. The van der Waals surface area contributed by atoms with Crippen LogP contribution in [0.5, 0.6) is 0 Å². The molecule has 1 aromatic rings. The van der Waals surface area contributed by atoms with Gasteiger partial charge in [0.15, 0.2) is 5.78 Å². The van der Waals surface area contributed by atoms with E-state index >= 15 is 0 Å². The van der Waals surface area contributed by atoms with Crippen LogP contribution in [0.25, 0.3) is 0 Å². The molecule has 3 N–H and O–H groups in total. The van der Waals surface area contributed by atoms with Crippen molar-refractivity contribution in [2.75, 3.05) is 64.5 Å². The number of nitrogens with zero attached hydrogens (tertiary/aromatic N) is 3. The van der Waals surface area contributed by atoms with Crippen molar-refractivity contribution in [1.29, 1.82) is 0 Å². The van der Waals surface area contributed by atoms with Crippen molar-refractivity contribution >= 4 is 50.3 Å². The summed E-state index contributed by atoms with van der Waals surface area (Å²) in [6.45, 7) is 9.68. The zero-order valence-electron chi connectivity index (χ0n) is 22.5. The molecule has 3 fully saturated rings. The number of methoxy groups -OCH3 is 1. The van der Waals surface area contributed by atoms with E-state index in [0.717, 1.165) is 45.0 Å². The molecule has 40 heavy (non-hydrogen) atoms. The summed E-state index contributed by atoms with van der Waals surface area (Å²) in [6.07, 6.45) is 0.00000278. The van der Waals surface area contributed by atoms with Crippen LogP contribution >= 0.6 is 27.0 Å². The Labute approximate surface area is 254 Å². The topological polar surface area (TPSA) is 117 Å². The van der Waals surface area contributed by atoms with Gasteiger partial charge in [0.1, 0.15) is 24.8 Å². The van der Waals surface area contributed by atoms with Gasteiger partial charge in [-0.2, -0.15) is 27.0 Å². The highest BCUT2D eigenvalue weighted by atomic mass is 32.1. The van der Waals surface area contributed by atoms with Crippen molar-refractivity contribution in [3.05, 3.63) is 29.8 Å². The van der Waals surface area contributed by atoms with Crippen LogP contribution in [0.3, 0.4) is 0 Å². The quantitative estimate of drug-likeness (QED) is 0.439. The van der Waals surface area contributed by atoms with Gasteiger partial charge in [-0.15, -0.1) is 0 Å². The SMILES string of the molecule is C.C.COCCN1CCN(c2ccc(C(=O)N[C@@H](CC(C)C)C(=O)N3C[C@@H](N)[C@H]4OCC(=O)[C@H]43)cc2)CC1.S.S. The Hall–Kier alpha value is -1.83. The maximum absolute atomic E-state index is 13.5. The van der Waals surface area contributed by atoms with Crippen LogP contribution in [-0.4, -0.2) is 111 Å². The Kier molecular flexibility index (Phi) is 16.4. The summed E-state index contributed by atoms with van der Waals surface area (Å²) in [7, 11) is 1.72. The van der Waals surface area contributed by atoms with Crippen LogP contribution < -0.4 is 16.0 Å². The summed E-state index contributed by atoms with van der Waals surface area (Å²) < 4.78 is 10.7. The van der Waals surface area contributed by atoms with Gasteiger partial charge < -0.3 is 30.3 Å². The molecule has 0 bridgehead atoms. The lowest BCUT2D eigenvalue weighted by molar-refractivity contribution is -0.138. The van der Waals surface area contributed by atoms with Gasteiger partial charge >= 0.3 is 0 Å². The number of Topliss-reactive ketones (excluding diaryl/α,β-unsaturated/α-hetero) is 1. The van der Waals surface area contributed by atoms with Crippen LogP contribution in [0.15, 0.2) is 24.3 Å². The third-order valence-electron chi connectivity index (χ3n) is 7.30. The molecule has 10 nitrogen and oxygen atoms in total. The Bertz CT molecular complexity index is 944. The number of hydrogen-bond acceptors (Lipinski definition) is 8. The summed E-state index contributed by atoms with van der Waals surface area (Å²) in [5, 5.41) is 2.92. The molecule has 0 radical (unpaired) electrons. The average molecular weight is 602 g/mol. The van der Waals surface area contributed by atoms with E-state index < -0.39 is 24.2 Å². The fourth-order valence-electron chi connectivity index (χ4n) is 5.33. The number of amides is 2.